The molecule has 32 heavy (non-hydrogen) atoms. The highest BCUT2D eigenvalue weighted by atomic mass is 19.4. The van der Waals surface area contributed by atoms with Crippen molar-refractivity contribution in [2.45, 2.75) is 18.9 Å². The molecule has 1 aliphatic heterocycles. The van der Waals surface area contributed by atoms with E-state index in [1.807, 2.05) is 18.2 Å². The molecule has 0 amide bonds. The monoisotopic (exact) mass is 441 g/mol. The van der Waals surface area contributed by atoms with Crippen LogP contribution in [0.4, 0.5) is 18.9 Å². The van der Waals surface area contributed by atoms with E-state index < -0.39 is 6.36 Å². The highest BCUT2D eigenvalue weighted by Crippen LogP contribution is 2.32. The van der Waals surface area contributed by atoms with Gasteiger partial charge in [0.05, 0.1) is 6.04 Å². The molecule has 0 spiro atoms. The maximum absolute atomic E-state index is 12.5. The van der Waals surface area contributed by atoms with E-state index in [1.54, 1.807) is 12.1 Å². The summed E-state index contributed by atoms with van der Waals surface area (Å²) in [5.74, 6) is -0.208. The van der Waals surface area contributed by atoms with Crippen molar-refractivity contribution in [1.29, 1.82) is 0 Å². The Balaban J connectivity index is 1.52. The van der Waals surface area contributed by atoms with E-state index in [1.165, 1.54) is 17.7 Å². The minimum atomic E-state index is -4.69. The predicted octanol–water partition coefficient (Wildman–Crippen LogP) is 5.19. The van der Waals surface area contributed by atoms with Crippen molar-refractivity contribution in [3.63, 3.8) is 0 Å². The molecule has 0 aromatic heterocycles. The van der Waals surface area contributed by atoms with Crippen LogP contribution in [0.25, 0.3) is 0 Å². The lowest BCUT2D eigenvalue weighted by Gasteiger charge is -2.35. The molecule has 1 aliphatic rings. The molecule has 0 aliphatic carbocycles. The molecule has 168 valence electrons. The fourth-order valence-corrected chi connectivity index (χ4v) is 3.99. The van der Waals surface area contributed by atoms with E-state index in [9.17, 15) is 13.2 Å². The summed E-state index contributed by atoms with van der Waals surface area (Å²) in [4.78, 5) is 2.35. The smallest absolute Gasteiger partial charge is 0.406 e. The number of alkyl halides is 3. The lowest BCUT2D eigenvalue weighted by molar-refractivity contribution is -0.274. The van der Waals surface area contributed by atoms with Gasteiger partial charge in [0.25, 0.3) is 0 Å². The van der Waals surface area contributed by atoms with Crippen LogP contribution < -0.4 is 15.4 Å². The normalized spacial score (nSPS) is 15.8. The first-order valence-electron chi connectivity index (χ1n) is 10.7. The Bertz CT molecular complexity index is 970. The number of nitrogens with one attached hydrogen (secondary N) is 2. The molecule has 1 fully saturated rings. The number of anilines is 1. The first kappa shape index (κ1) is 22.2. The highest BCUT2D eigenvalue weighted by molar-refractivity contribution is 5.47. The van der Waals surface area contributed by atoms with Gasteiger partial charge in [0.15, 0.2) is 0 Å². The van der Waals surface area contributed by atoms with Crippen LogP contribution in [0.1, 0.15) is 22.7 Å². The molecule has 4 rings (SSSR count). The van der Waals surface area contributed by atoms with Crippen molar-refractivity contribution in [2.24, 2.45) is 0 Å². The third-order valence-electron chi connectivity index (χ3n) is 5.51. The van der Waals surface area contributed by atoms with E-state index in [4.69, 9.17) is 0 Å². The molecule has 1 heterocycles. The summed E-state index contributed by atoms with van der Waals surface area (Å²) in [6.45, 7) is 4.21. The molecule has 4 nitrogen and oxygen atoms in total. The molecule has 7 heteroatoms. The average Bonchev–Trinajstić information content (AvgIpc) is 2.80. The van der Waals surface area contributed by atoms with Crippen LogP contribution in [0.2, 0.25) is 0 Å². The molecule has 1 atom stereocenters. The Morgan fingerprint density at radius 2 is 1.44 bits per heavy atom. The van der Waals surface area contributed by atoms with Crippen LogP contribution in [0, 0.1) is 0 Å². The lowest BCUT2D eigenvalue weighted by Crippen LogP contribution is -2.45. The van der Waals surface area contributed by atoms with Gasteiger partial charge in [-0.1, -0.05) is 54.6 Å². The van der Waals surface area contributed by atoms with Gasteiger partial charge in [-0.25, -0.2) is 0 Å². The Morgan fingerprint density at radius 1 is 0.844 bits per heavy atom. The number of ether oxygens (including phenoxy) is 1. The zero-order chi connectivity index (χ0) is 22.4. The van der Waals surface area contributed by atoms with Crippen molar-refractivity contribution in [3.8, 4) is 5.75 Å². The fraction of sp³-hybridized carbons (Fsp3) is 0.280. The van der Waals surface area contributed by atoms with E-state index in [0.29, 0.717) is 0 Å². The fourth-order valence-electron chi connectivity index (χ4n) is 3.99. The summed E-state index contributed by atoms with van der Waals surface area (Å²) in [5, 5.41) is 6.78. The first-order chi connectivity index (χ1) is 15.5. The van der Waals surface area contributed by atoms with Crippen molar-refractivity contribution in [2.75, 3.05) is 31.5 Å². The second-order valence-corrected chi connectivity index (χ2v) is 7.77. The minimum absolute atomic E-state index is 0.0415. The van der Waals surface area contributed by atoms with Gasteiger partial charge in [0.1, 0.15) is 5.75 Å². The number of hydrogen-bond donors (Lipinski definition) is 2. The summed E-state index contributed by atoms with van der Waals surface area (Å²) in [7, 11) is 0. The highest BCUT2D eigenvalue weighted by Gasteiger charge is 2.31. The van der Waals surface area contributed by atoms with E-state index in [2.05, 4.69) is 56.7 Å². The SMILES string of the molecule is FC(F)(F)Oc1ccc([C@H](c2ccc(NCc3ccccc3)cc2)N2CCNCC2)cc1. The largest absolute Gasteiger partial charge is 0.573 e. The molecule has 0 saturated carbocycles. The maximum atomic E-state index is 12.5. The van der Waals surface area contributed by atoms with Gasteiger partial charge in [0, 0.05) is 38.4 Å². The minimum Gasteiger partial charge on any atom is -0.406 e. The summed E-state index contributed by atoms with van der Waals surface area (Å²) in [6, 6.07) is 24.6. The van der Waals surface area contributed by atoms with Gasteiger partial charge >= 0.3 is 6.36 Å². The summed E-state index contributed by atoms with van der Waals surface area (Å²) < 4.78 is 41.6. The molecule has 0 unspecified atom stereocenters. The molecule has 0 bridgehead atoms. The second-order valence-electron chi connectivity index (χ2n) is 7.77. The molecule has 2 N–H and O–H groups in total. The third kappa shape index (κ3) is 6.02. The standard InChI is InChI=1S/C25H26F3N3O/c26-25(27,28)32-23-12-8-21(9-13-23)24(31-16-14-29-15-17-31)20-6-10-22(11-7-20)30-18-19-4-2-1-3-5-19/h1-13,24,29-30H,14-18H2/t24-/m0/s1. The van der Waals surface area contributed by atoms with Gasteiger partial charge in [-0.3, -0.25) is 4.90 Å². The number of nitrogens with zero attached hydrogens (tertiary/aromatic N) is 1. The molecular formula is C25H26F3N3O. The second kappa shape index (κ2) is 10.1. The number of halogens is 3. The number of rotatable bonds is 7. The van der Waals surface area contributed by atoms with E-state index >= 15 is 0 Å². The Labute approximate surface area is 186 Å². The quantitative estimate of drug-likeness (QED) is 0.529. The Kier molecular flexibility index (Phi) is 6.97. The predicted molar refractivity (Wildman–Crippen MR) is 120 cm³/mol. The number of piperazine rings is 1. The third-order valence-corrected chi connectivity index (χ3v) is 5.51. The van der Waals surface area contributed by atoms with Gasteiger partial charge in [-0.15, -0.1) is 13.2 Å². The van der Waals surface area contributed by atoms with Crippen molar-refractivity contribution in [3.05, 3.63) is 95.6 Å². The number of hydrogen-bond acceptors (Lipinski definition) is 4. The topological polar surface area (TPSA) is 36.5 Å². The maximum Gasteiger partial charge on any atom is 0.573 e. The van der Waals surface area contributed by atoms with Crippen molar-refractivity contribution in [1.82, 2.24) is 10.2 Å². The molecule has 1 saturated heterocycles. The van der Waals surface area contributed by atoms with Gasteiger partial charge in [0.2, 0.25) is 0 Å². The van der Waals surface area contributed by atoms with Crippen LogP contribution in [-0.4, -0.2) is 37.4 Å². The zero-order valence-electron chi connectivity index (χ0n) is 17.6. The van der Waals surface area contributed by atoms with Crippen molar-refractivity contribution >= 4 is 5.69 Å². The number of benzene rings is 3. The van der Waals surface area contributed by atoms with Gasteiger partial charge in [-0.2, -0.15) is 0 Å². The van der Waals surface area contributed by atoms with Crippen LogP contribution in [0.5, 0.6) is 5.75 Å². The molecule has 3 aromatic rings. The van der Waals surface area contributed by atoms with Crippen molar-refractivity contribution < 1.29 is 17.9 Å². The average molecular weight is 441 g/mol. The molecule has 0 radical (unpaired) electrons. The summed E-state index contributed by atoms with van der Waals surface area (Å²) >= 11 is 0. The first-order valence-corrected chi connectivity index (χ1v) is 10.7. The molecule has 3 aromatic carbocycles. The van der Waals surface area contributed by atoms with Crippen LogP contribution in [0.15, 0.2) is 78.9 Å². The zero-order valence-corrected chi connectivity index (χ0v) is 17.6. The summed E-state index contributed by atoms with van der Waals surface area (Å²) in [5.41, 5.74) is 4.26. The summed E-state index contributed by atoms with van der Waals surface area (Å²) in [6.07, 6.45) is -4.69. The van der Waals surface area contributed by atoms with Crippen LogP contribution in [-0.2, 0) is 6.54 Å². The van der Waals surface area contributed by atoms with Crippen LogP contribution in [0.3, 0.4) is 0 Å². The van der Waals surface area contributed by atoms with E-state index in [-0.39, 0.29) is 11.8 Å². The lowest BCUT2D eigenvalue weighted by atomic mass is 9.96. The van der Waals surface area contributed by atoms with Gasteiger partial charge in [-0.05, 0) is 41.0 Å². The van der Waals surface area contributed by atoms with Crippen LogP contribution >= 0.6 is 0 Å². The Morgan fingerprint density at radius 3 is 2.03 bits per heavy atom. The van der Waals surface area contributed by atoms with E-state index in [0.717, 1.165) is 49.5 Å². The molecular weight excluding hydrogens is 415 g/mol. The van der Waals surface area contributed by atoms with Gasteiger partial charge < -0.3 is 15.4 Å². The Hall–Kier alpha value is -3.03.